The lowest BCUT2D eigenvalue weighted by Gasteiger charge is -2.32. The van der Waals surface area contributed by atoms with Gasteiger partial charge in [-0.2, -0.15) is 0 Å². The van der Waals surface area contributed by atoms with E-state index >= 15 is 0 Å². The summed E-state index contributed by atoms with van der Waals surface area (Å²) in [5.41, 5.74) is 2.83. The van der Waals surface area contributed by atoms with E-state index in [1.165, 1.54) is 0 Å². The summed E-state index contributed by atoms with van der Waals surface area (Å²) in [7, 11) is 0. The molecule has 0 radical (unpaired) electrons. The number of halogens is 1. The Bertz CT molecular complexity index is 649. The Morgan fingerprint density at radius 2 is 2.20 bits per heavy atom. The van der Waals surface area contributed by atoms with Crippen molar-refractivity contribution in [2.45, 2.75) is 19.8 Å². The van der Waals surface area contributed by atoms with Crippen LogP contribution in [0.2, 0.25) is 5.02 Å². The number of piperidine rings is 1. The lowest BCUT2D eigenvalue weighted by atomic mass is 9.80. The molecule has 106 valence electrons. The molecule has 0 saturated carbocycles. The van der Waals surface area contributed by atoms with E-state index in [0.29, 0.717) is 10.7 Å². The molecule has 1 aromatic heterocycles. The number of anilines is 1. The standard InChI is InChI=1S/C14H16ClN3OS/c1-14(4-6-16-7-5-14)13(19)18-11-9(15)2-3-10-12(11)17-8-20-10/h2-3,8,16H,4-7H2,1H3,(H,18,19). The Labute approximate surface area is 126 Å². The van der Waals surface area contributed by atoms with Gasteiger partial charge in [-0.05, 0) is 38.1 Å². The molecule has 4 nitrogen and oxygen atoms in total. The monoisotopic (exact) mass is 309 g/mol. The normalized spacial score (nSPS) is 18.1. The van der Waals surface area contributed by atoms with E-state index in [9.17, 15) is 4.79 Å². The highest BCUT2D eigenvalue weighted by Crippen LogP contribution is 2.35. The number of carbonyl (C=O) groups is 1. The summed E-state index contributed by atoms with van der Waals surface area (Å²) in [5.74, 6) is 0.0291. The van der Waals surface area contributed by atoms with Crippen molar-refractivity contribution >= 4 is 44.7 Å². The minimum Gasteiger partial charge on any atom is -0.322 e. The topological polar surface area (TPSA) is 54.0 Å². The molecule has 20 heavy (non-hydrogen) atoms. The summed E-state index contributed by atoms with van der Waals surface area (Å²) in [6, 6.07) is 3.74. The zero-order chi connectivity index (χ0) is 14.2. The van der Waals surface area contributed by atoms with Crippen molar-refractivity contribution in [3.05, 3.63) is 22.7 Å². The van der Waals surface area contributed by atoms with Crippen molar-refractivity contribution in [2.75, 3.05) is 18.4 Å². The first-order valence-electron chi connectivity index (χ1n) is 6.64. The van der Waals surface area contributed by atoms with Crippen LogP contribution in [0.4, 0.5) is 5.69 Å². The summed E-state index contributed by atoms with van der Waals surface area (Å²) in [6.45, 7) is 3.76. The van der Waals surface area contributed by atoms with Crippen LogP contribution in [0.3, 0.4) is 0 Å². The molecule has 1 aliphatic rings. The predicted octanol–water partition coefficient (Wildman–Crippen LogP) is 3.28. The van der Waals surface area contributed by atoms with Gasteiger partial charge in [-0.1, -0.05) is 18.5 Å². The fourth-order valence-electron chi connectivity index (χ4n) is 2.50. The Hall–Kier alpha value is -1.17. The number of fused-ring (bicyclic) bond motifs is 1. The van der Waals surface area contributed by atoms with E-state index in [1.807, 2.05) is 19.1 Å². The van der Waals surface area contributed by atoms with Crippen molar-refractivity contribution in [1.29, 1.82) is 0 Å². The Morgan fingerprint density at radius 3 is 2.95 bits per heavy atom. The minimum absolute atomic E-state index is 0.0291. The van der Waals surface area contributed by atoms with Gasteiger partial charge in [0, 0.05) is 5.41 Å². The van der Waals surface area contributed by atoms with Crippen molar-refractivity contribution in [2.24, 2.45) is 5.41 Å². The summed E-state index contributed by atoms with van der Waals surface area (Å²) >= 11 is 7.77. The molecule has 1 fully saturated rings. The van der Waals surface area contributed by atoms with Gasteiger partial charge < -0.3 is 10.6 Å². The number of carbonyl (C=O) groups excluding carboxylic acids is 1. The molecular formula is C14H16ClN3OS. The number of thiazole rings is 1. The molecule has 0 unspecified atom stereocenters. The van der Waals surface area contributed by atoms with Crippen molar-refractivity contribution in [3.8, 4) is 0 Å². The maximum atomic E-state index is 12.6. The molecule has 1 aliphatic heterocycles. The summed E-state index contributed by atoms with van der Waals surface area (Å²) in [4.78, 5) is 16.9. The Morgan fingerprint density at radius 1 is 1.45 bits per heavy atom. The summed E-state index contributed by atoms with van der Waals surface area (Å²) < 4.78 is 1.03. The van der Waals surface area contributed by atoms with E-state index in [4.69, 9.17) is 11.6 Å². The zero-order valence-electron chi connectivity index (χ0n) is 11.2. The van der Waals surface area contributed by atoms with Crippen LogP contribution in [0.1, 0.15) is 19.8 Å². The third-order valence-corrected chi connectivity index (χ3v) is 5.05. The molecule has 0 bridgehead atoms. The van der Waals surface area contributed by atoms with E-state index in [-0.39, 0.29) is 11.3 Å². The predicted molar refractivity (Wildman–Crippen MR) is 83.5 cm³/mol. The lowest BCUT2D eigenvalue weighted by molar-refractivity contribution is -0.126. The fraction of sp³-hybridized carbons (Fsp3) is 0.429. The van der Waals surface area contributed by atoms with Gasteiger partial charge in [0.2, 0.25) is 5.91 Å². The molecule has 1 aromatic carbocycles. The van der Waals surface area contributed by atoms with Gasteiger partial charge in [0.15, 0.2) is 0 Å². The van der Waals surface area contributed by atoms with E-state index < -0.39 is 0 Å². The zero-order valence-corrected chi connectivity index (χ0v) is 12.8. The molecule has 0 aliphatic carbocycles. The average molecular weight is 310 g/mol. The number of amides is 1. The highest BCUT2D eigenvalue weighted by Gasteiger charge is 2.35. The van der Waals surface area contributed by atoms with Crippen LogP contribution in [0.25, 0.3) is 10.2 Å². The first-order valence-corrected chi connectivity index (χ1v) is 7.90. The number of rotatable bonds is 2. The Balaban J connectivity index is 1.91. The third-order valence-electron chi connectivity index (χ3n) is 3.95. The number of benzene rings is 1. The third kappa shape index (κ3) is 2.41. The van der Waals surface area contributed by atoms with Crippen molar-refractivity contribution in [1.82, 2.24) is 10.3 Å². The molecule has 2 heterocycles. The van der Waals surface area contributed by atoms with Crippen LogP contribution in [0.5, 0.6) is 0 Å². The molecule has 2 N–H and O–H groups in total. The van der Waals surface area contributed by atoms with Crippen LogP contribution in [0.15, 0.2) is 17.6 Å². The van der Waals surface area contributed by atoms with Gasteiger partial charge in [-0.3, -0.25) is 4.79 Å². The van der Waals surface area contributed by atoms with Crippen LogP contribution in [-0.2, 0) is 4.79 Å². The smallest absolute Gasteiger partial charge is 0.230 e. The van der Waals surface area contributed by atoms with Crippen LogP contribution in [0, 0.1) is 5.41 Å². The van der Waals surface area contributed by atoms with Crippen LogP contribution < -0.4 is 10.6 Å². The number of aromatic nitrogens is 1. The second-order valence-electron chi connectivity index (χ2n) is 5.39. The van der Waals surface area contributed by atoms with E-state index in [1.54, 1.807) is 16.8 Å². The van der Waals surface area contributed by atoms with Crippen LogP contribution >= 0.6 is 22.9 Å². The highest BCUT2D eigenvalue weighted by molar-refractivity contribution is 7.16. The maximum absolute atomic E-state index is 12.6. The second-order valence-corrected chi connectivity index (χ2v) is 6.68. The highest BCUT2D eigenvalue weighted by atomic mass is 35.5. The molecule has 2 aromatic rings. The van der Waals surface area contributed by atoms with Gasteiger partial charge in [-0.15, -0.1) is 11.3 Å². The molecule has 1 saturated heterocycles. The minimum atomic E-state index is -0.341. The van der Waals surface area contributed by atoms with E-state index in [0.717, 1.165) is 36.1 Å². The average Bonchev–Trinajstić information content (AvgIpc) is 2.91. The molecular weight excluding hydrogens is 294 g/mol. The van der Waals surface area contributed by atoms with Crippen molar-refractivity contribution < 1.29 is 4.79 Å². The fourth-order valence-corrected chi connectivity index (χ4v) is 3.38. The van der Waals surface area contributed by atoms with E-state index in [2.05, 4.69) is 15.6 Å². The van der Waals surface area contributed by atoms with Crippen molar-refractivity contribution in [3.63, 3.8) is 0 Å². The summed E-state index contributed by atoms with van der Waals surface area (Å²) in [6.07, 6.45) is 1.67. The molecule has 1 amide bonds. The molecule has 6 heteroatoms. The lowest BCUT2D eigenvalue weighted by Crippen LogP contribution is -2.42. The maximum Gasteiger partial charge on any atom is 0.230 e. The number of nitrogens with one attached hydrogen (secondary N) is 2. The molecule has 0 spiro atoms. The molecule has 0 atom stereocenters. The molecule has 3 rings (SSSR count). The van der Waals surface area contributed by atoms with Gasteiger partial charge in [0.25, 0.3) is 0 Å². The van der Waals surface area contributed by atoms with Gasteiger partial charge in [0.05, 0.1) is 20.9 Å². The Kier molecular flexibility index (Phi) is 3.67. The van der Waals surface area contributed by atoms with Gasteiger partial charge in [0.1, 0.15) is 5.52 Å². The quantitative estimate of drug-likeness (QED) is 0.895. The largest absolute Gasteiger partial charge is 0.322 e. The number of hydrogen-bond donors (Lipinski definition) is 2. The number of nitrogens with zero attached hydrogens (tertiary/aromatic N) is 1. The van der Waals surface area contributed by atoms with Gasteiger partial charge in [-0.25, -0.2) is 4.98 Å². The first kappa shape index (κ1) is 13.8. The SMILES string of the molecule is CC1(C(=O)Nc2c(Cl)ccc3scnc23)CCNCC1. The second kappa shape index (κ2) is 5.31. The van der Waals surface area contributed by atoms with Crippen LogP contribution in [-0.4, -0.2) is 24.0 Å². The summed E-state index contributed by atoms with van der Waals surface area (Å²) in [5, 5.41) is 6.81. The van der Waals surface area contributed by atoms with Gasteiger partial charge >= 0.3 is 0 Å². The number of hydrogen-bond acceptors (Lipinski definition) is 4. The first-order chi connectivity index (χ1) is 9.60.